The normalized spacial score (nSPS) is 11.2. The number of hydrogen-bond donors (Lipinski definition) is 4. The second-order valence-electron chi connectivity index (χ2n) is 4.04. The minimum atomic E-state index is 0. The van der Waals surface area contributed by atoms with Gasteiger partial charge in [0.2, 0.25) is 5.28 Å². The molecule has 0 radical (unpaired) electrons. The first-order chi connectivity index (χ1) is 8.76. The SMILES string of the molecule is NCCCNCCCCN(CCCN)[N+]([O-])=NO.O. The van der Waals surface area contributed by atoms with Crippen LogP contribution in [0.15, 0.2) is 5.28 Å². The number of nitrogens with zero attached hydrogens (tertiary/aromatic N) is 3. The van der Waals surface area contributed by atoms with Gasteiger partial charge in [-0.15, -0.1) is 5.01 Å². The molecular weight excluding hydrogens is 252 g/mol. The lowest BCUT2D eigenvalue weighted by Crippen LogP contribution is -2.34. The maximum absolute atomic E-state index is 11.2. The number of hydrogen-bond acceptors (Lipinski definition) is 5. The van der Waals surface area contributed by atoms with Crippen molar-refractivity contribution >= 4 is 0 Å². The third kappa shape index (κ3) is 11.7. The van der Waals surface area contributed by atoms with E-state index >= 15 is 0 Å². The molecule has 19 heavy (non-hydrogen) atoms. The molecule has 0 bridgehead atoms. The van der Waals surface area contributed by atoms with Gasteiger partial charge in [0.05, 0.1) is 18.1 Å². The van der Waals surface area contributed by atoms with Crippen LogP contribution in [-0.2, 0) is 0 Å². The molecule has 0 amide bonds. The summed E-state index contributed by atoms with van der Waals surface area (Å²) in [6.45, 7) is 4.10. The summed E-state index contributed by atoms with van der Waals surface area (Å²) in [6, 6.07) is 0. The fourth-order valence-corrected chi connectivity index (χ4v) is 1.51. The summed E-state index contributed by atoms with van der Waals surface area (Å²) in [7, 11) is 0. The Morgan fingerprint density at radius 2 is 1.63 bits per heavy atom. The molecule has 116 valence electrons. The average Bonchev–Trinajstić information content (AvgIpc) is 2.40. The highest BCUT2D eigenvalue weighted by Gasteiger charge is 2.11. The summed E-state index contributed by atoms with van der Waals surface area (Å²) < 4.78 is 0. The van der Waals surface area contributed by atoms with Gasteiger partial charge in [0.25, 0.3) is 0 Å². The number of nitrogens with one attached hydrogen (secondary N) is 1. The predicted molar refractivity (Wildman–Crippen MR) is 72.5 cm³/mol. The van der Waals surface area contributed by atoms with Crippen LogP contribution in [0.5, 0.6) is 0 Å². The third-order valence-electron chi connectivity index (χ3n) is 2.52. The van der Waals surface area contributed by atoms with Crippen molar-refractivity contribution in [3.8, 4) is 0 Å². The topological polar surface area (TPSA) is 157 Å². The molecule has 9 heteroatoms. The minimum absolute atomic E-state index is 0. The second-order valence-corrected chi connectivity index (χ2v) is 4.04. The third-order valence-corrected chi connectivity index (χ3v) is 2.52. The van der Waals surface area contributed by atoms with Gasteiger partial charge in [-0.3, -0.25) is 0 Å². The maximum atomic E-state index is 11.2. The van der Waals surface area contributed by atoms with E-state index in [1.807, 2.05) is 0 Å². The smallest absolute Gasteiger partial charge is 0.230 e. The molecule has 0 aromatic heterocycles. The van der Waals surface area contributed by atoms with Gasteiger partial charge in [-0.25, -0.2) is 0 Å². The lowest BCUT2D eigenvalue weighted by Gasteiger charge is -2.17. The lowest BCUT2D eigenvalue weighted by molar-refractivity contribution is -0.709. The summed E-state index contributed by atoms with van der Waals surface area (Å²) >= 11 is 0. The van der Waals surface area contributed by atoms with Crippen molar-refractivity contribution in [2.45, 2.75) is 25.7 Å². The van der Waals surface area contributed by atoms with Gasteiger partial charge in [0.15, 0.2) is 0 Å². The average molecular weight is 280 g/mol. The van der Waals surface area contributed by atoms with Crippen LogP contribution in [0.4, 0.5) is 0 Å². The van der Waals surface area contributed by atoms with E-state index in [2.05, 4.69) is 10.6 Å². The van der Waals surface area contributed by atoms with Crippen molar-refractivity contribution in [1.82, 2.24) is 10.3 Å². The Hall–Kier alpha value is -1.16. The molecular formula is C10H28N6O3. The van der Waals surface area contributed by atoms with Crippen molar-refractivity contribution < 1.29 is 15.7 Å². The van der Waals surface area contributed by atoms with E-state index in [9.17, 15) is 5.21 Å². The highest BCUT2D eigenvalue weighted by molar-refractivity contribution is 4.52. The zero-order chi connectivity index (χ0) is 13.6. The van der Waals surface area contributed by atoms with Gasteiger partial charge >= 0.3 is 0 Å². The minimum Gasteiger partial charge on any atom is -0.569 e. The molecule has 8 N–H and O–H groups in total. The van der Waals surface area contributed by atoms with E-state index in [0.29, 0.717) is 32.6 Å². The summed E-state index contributed by atoms with van der Waals surface area (Å²) in [6.07, 6.45) is 3.49. The van der Waals surface area contributed by atoms with Gasteiger partial charge in [0.1, 0.15) is 0 Å². The molecule has 0 rings (SSSR count). The zero-order valence-electron chi connectivity index (χ0n) is 11.4. The van der Waals surface area contributed by atoms with Gasteiger partial charge in [-0.1, -0.05) is 0 Å². The van der Waals surface area contributed by atoms with Crippen LogP contribution in [0.3, 0.4) is 0 Å². The maximum Gasteiger partial charge on any atom is 0.230 e. The molecule has 0 saturated carbocycles. The Kier molecular flexibility index (Phi) is 15.8. The Morgan fingerprint density at radius 1 is 1.05 bits per heavy atom. The van der Waals surface area contributed by atoms with Gasteiger partial charge < -0.3 is 32.7 Å². The standard InChI is InChI=1S/C10H26N6O2.H2O/c11-5-3-8-13-7-1-2-9-15(10-4-6-12)16(18)14-17;/h13,17H,1-12H2;1H2. The van der Waals surface area contributed by atoms with Crippen molar-refractivity contribution in [2.24, 2.45) is 16.7 Å². The van der Waals surface area contributed by atoms with Crippen LogP contribution in [0.1, 0.15) is 25.7 Å². The first-order valence-corrected chi connectivity index (χ1v) is 6.44. The molecule has 0 aromatic carbocycles. The first kappa shape index (κ1) is 20.2. The van der Waals surface area contributed by atoms with Crippen LogP contribution in [0.25, 0.3) is 0 Å². The first-order valence-electron chi connectivity index (χ1n) is 6.44. The molecule has 9 nitrogen and oxygen atoms in total. The molecule has 0 atom stereocenters. The molecule has 0 aliphatic rings. The van der Waals surface area contributed by atoms with Gasteiger partial charge in [-0.05, 0) is 51.9 Å². The van der Waals surface area contributed by atoms with Crippen LogP contribution in [0.2, 0.25) is 0 Å². The lowest BCUT2D eigenvalue weighted by atomic mass is 10.3. The second kappa shape index (κ2) is 14.9. The van der Waals surface area contributed by atoms with E-state index in [-0.39, 0.29) is 10.4 Å². The van der Waals surface area contributed by atoms with Crippen molar-refractivity contribution in [3.05, 3.63) is 5.21 Å². The van der Waals surface area contributed by atoms with E-state index in [1.54, 1.807) is 0 Å². The zero-order valence-corrected chi connectivity index (χ0v) is 11.4. The van der Waals surface area contributed by atoms with Crippen LogP contribution in [-0.4, -0.2) is 59.9 Å². The summed E-state index contributed by atoms with van der Waals surface area (Å²) in [5.74, 6) is 0. The number of nitrogens with two attached hydrogens (primary N) is 2. The van der Waals surface area contributed by atoms with Crippen molar-refractivity contribution in [3.63, 3.8) is 0 Å². The number of rotatable bonds is 12. The van der Waals surface area contributed by atoms with Gasteiger partial charge in [-0.2, -0.15) is 0 Å². The van der Waals surface area contributed by atoms with Gasteiger partial charge in [0, 0.05) is 0 Å². The highest BCUT2D eigenvalue weighted by Crippen LogP contribution is 1.97. The number of unbranched alkanes of at least 4 members (excludes halogenated alkanes) is 1. The summed E-state index contributed by atoms with van der Waals surface area (Å²) in [5, 5.41) is 26.9. The Balaban J connectivity index is 0. The molecule has 0 aliphatic heterocycles. The van der Waals surface area contributed by atoms with E-state index in [4.69, 9.17) is 16.7 Å². The Morgan fingerprint density at radius 3 is 2.21 bits per heavy atom. The molecule has 0 aromatic rings. The fraction of sp³-hybridized carbons (Fsp3) is 1.00. The predicted octanol–water partition coefficient (Wildman–Crippen LogP) is -1.20. The van der Waals surface area contributed by atoms with E-state index < -0.39 is 0 Å². The quantitative estimate of drug-likeness (QED) is 0.152. The Labute approximate surface area is 114 Å². The monoisotopic (exact) mass is 280 g/mol. The Bertz CT molecular complexity index is 217. The van der Waals surface area contributed by atoms with E-state index in [0.717, 1.165) is 32.4 Å². The highest BCUT2D eigenvalue weighted by atomic mass is 16.6. The van der Waals surface area contributed by atoms with Crippen LogP contribution >= 0.6 is 0 Å². The van der Waals surface area contributed by atoms with Crippen molar-refractivity contribution in [2.75, 3.05) is 39.3 Å². The number of hydrazine groups is 1. The molecule has 0 saturated heterocycles. The molecule has 0 fully saturated rings. The molecule has 0 heterocycles. The molecule has 0 unspecified atom stereocenters. The summed E-state index contributed by atoms with van der Waals surface area (Å²) in [5.41, 5.74) is 10.8. The van der Waals surface area contributed by atoms with E-state index in [1.165, 1.54) is 5.01 Å². The van der Waals surface area contributed by atoms with Crippen LogP contribution in [0, 0.1) is 5.21 Å². The van der Waals surface area contributed by atoms with Crippen molar-refractivity contribution in [1.29, 1.82) is 0 Å². The largest absolute Gasteiger partial charge is 0.569 e. The van der Waals surface area contributed by atoms with Crippen LogP contribution < -0.4 is 16.8 Å². The molecule has 0 aliphatic carbocycles. The summed E-state index contributed by atoms with van der Waals surface area (Å²) in [4.78, 5) is 0.220. The fourth-order valence-electron chi connectivity index (χ4n) is 1.51. The molecule has 0 spiro atoms.